The SMILES string of the molecule is O=S(=O)(c1ccc(-c2ccccc2)cc1)N1CCSC(c2ccccc2Cl)CC1. The number of thioether (sulfide) groups is 1. The molecule has 1 saturated heterocycles. The van der Waals surface area contributed by atoms with Crippen LogP contribution < -0.4 is 0 Å². The van der Waals surface area contributed by atoms with E-state index in [0.717, 1.165) is 33.9 Å². The van der Waals surface area contributed by atoms with Crippen LogP contribution in [0.2, 0.25) is 5.02 Å². The van der Waals surface area contributed by atoms with Crippen LogP contribution in [0.15, 0.2) is 83.8 Å². The van der Waals surface area contributed by atoms with E-state index in [1.54, 1.807) is 28.2 Å². The van der Waals surface area contributed by atoms with Crippen molar-refractivity contribution in [3.05, 3.63) is 89.4 Å². The molecule has 4 rings (SSSR count). The van der Waals surface area contributed by atoms with Crippen molar-refractivity contribution in [1.29, 1.82) is 0 Å². The average Bonchev–Trinajstić information content (AvgIpc) is 3.02. The van der Waals surface area contributed by atoms with Crippen LogP contribution in [-0.4, -0.2) is 31.6 Å². The van der Waals surface area contributed by atoms with Crippen molar-refractivity contribution in [2.24, 2.45) is 0 Å². The highest BCUT2D eigenvalue weighted by Crippen LogP contribution is 2.38. The molecule has 0 N–H and O–H groups in total. The van der Waals surface area contributed by atoms with E-state index in [-0.39, 0.29) is 5.25 Å². The second-order valence-corrected chi connectivity index (χ2v) is 10.6. The Hall–Kier alpha value is -1.79. The third-order valence-electron chi connectivity index (χ3n) is 5.15. The van der Waals surface area contributed by atoms with Crippen LogP contribution in [0.3, 0.4) is 0 Å². The lowest BCUT2D eigenvalue weighted by Gasteiger charge is -2.20. The van der Waals surface area contributed by atoms with Crippen LogP contribution in [0.5, 0.6) is 0 Å². The number of halogens is 1. The second kappa shape index (κ2) is 8.92. The summed E-state index contributed by atoms with van der Waals surface area (Å²) in [5.41, 5.74) is 3.17. The maximum atomic E-state index is 13.2. The molecule has 1 aliphatic heterocycles. The Morgan fingerprint density at radius 2 is 1.48 bits per heavy atom. The van der Waals surface area contributed by atoms with Crippen LogP contribution in [0.4, 0.5) is 0 Å². The van der Waals surface area contributed by atoms with Crippen LogP contribution >= 0.6 is 23.4 Å². The molecular formula is C23H22ClNO2S2. The Bertz CT molecular complexity index is 1070. The zero-order valence-electron chi connectivity index (χ0n) is 15.9. The Balaban J connectivity index is 1.51. The van der Waals surface area contributed by atoms with E-state index in [4.69, 9.17) is 11.6 Å². The van der Waals surface area contributed by atoms with Crippen LogP contribution in [0, 0.1) is 0 Å². The standard InChI is InChI=1S/C23H22ClNO2S2/c24-22-9-5-4-8-21(22)23-14-15-25(16-17-28-23)29(26,27)20-12-10-19(11-13-20)18-6-2-1-3-7-18/h1-13,23H,14-17H2. The molecule has 3 aromatic rings. The van der Waals surface area contributed by atoms with E-state index in [2.05, 4.69) is 0 Å². The molecule has 6 heteroatoms. The van der Waals surface area contributed by atoms with Crippen LogP contribution in [0.1, 0.15) is 17.2 Å². The Morgan fingerprint density at radius 3 is 2.21 bits per heavy atom. The fourth-order valence-electron chi connectivity index (χ4n) is 3.57. The molecule has 0 aromatic heterocycles. The van der Waals surface area contributed by atoms with Gasteiger partial charge in [-0.3, -0.25) is 0 Å². The van der Waals surface area contributed by atoms with Gasteiger partial charge in [0, 0.05) is 29.1 Å². The highest BCUT2D eigenvalue weighted by molar-refractivity contribution is 7.99. The number of benzene rings is 3. The first-order valence-corrected chi connectivity index (χ1v) is 12.4. The van der Waals surface area contributed by atoms with Gasteiger partial charge in [-0.25, -0.2) is 8.42 Å². The van der Waals surface area contributed by atoms with Crippen LogP contribution in [0.25, 0.3) is 11.1 Å². The third-order valence-corrected chi connectivity index (χ3v) is 8.72. The first kappa shape index (κ1) is 20.5. The minimum absolute atomic E-state index is 0.212. The predicted octanol–water partition coefficient (Wildman–Crippen LogP) is 5.88. The van der Waals surface area contributed by atoms with E-state index in [9.17, 15) is 8.42 Å². The number of hydrogen-bond donors (Lipinski definition) is 0. The van der Waals surface area contributed by atoms with Gasteiger partial charge in [-0.1, -0.05) is 72.3 Å². The molecule has 1 aliphatic rings. The molecular weight excluding hydrogens is 422 g/mol. The van der Waals surface area contributed by atoms with E-state index in [0.29, 0.717) is 18.0 Å². The lowest BCUT2D eigenvalue weighted by Crippen LogP contribution is -2.33. The smallest absolute Gasteiger partial charge is 0.207 e. The molecule has 0 radical (unpaired) electrons. The third kappa shape index (κ3) is 4.53. The molecule has 150 valence electrons. The van der Waals surface area contributed by atoms with E-state index in [1.165, 1.54) is 0 Å². The highest BCUT2D eigenvalue weighted by atomic mass is 35.5. The van der Waals surface area contributed by atoms with Crippen molar-refractivity contribution in [3.63, 3.8) is 0 Å². The zero-order valence-corrected chi connectivity index (χ0v) is 18.3. The van der Waals surface area contributed by atoms with Crippen molar-refractivity contribution >= 4 is 33.4 Å². The van der Waals surface area contributed by atoms with Gasteiger partial charge in [0.15, 0.2) is 0 Å². The second-order valence-electron chi connectivity index (χ2n) is 6.96. The van der Waals surface area contributed by atoms with Crippen LogP contribution in [-0.2, 0) is 10.0 Å². The maximum Gasteiger partial charge on any atom is 0.243 e. The lowest BCUT2D eigenvalue weighted by atomic mass is 10.1. The molecule has 0 spiro atoms. The van der Waals surface area contributed by atoms with Gasteiger partial charge in [-0.15, -0.1) is 0 Å². The summed E-state index contributed by atoms with van der Waals surface area (Å²) in [6.07, 6.45) is 0.746. The molecule has 1 unspecified atom stereocenters. The van der Waals surface area contributed by atoms with E-state index >= 15 is 0 Å². The van der Waals surface area contributed by atoms with Gasteiger partial charge in [0.1, 0.15) is 0 Å². The van der Waals surface area contributed by atoms with Gasteiger partial charge < -0.3 is 0 Å². The molecule has 1 fully saturated rings. The van der Waals surface area contributed by atoms with Crippen molar-refractivity contribution in [2.45, 2.75) is 16.6 Å². The fraction of sp³-hybridized carbons (Fsp3) is 0.217. The summed E-state index contributed by atoms with van der Waals surface area (Å²) in [6, 6.07) is 25.0. The number of hydrogen-bond acceptors (Lipinski definition) is 3. The van der Waals surface area contributed by atoms with Gasteiger partial charge in [0.05, 0.1) is 4.90 Å². The monoisotopic (exact) mass is 443 g/mol. The lowest BCUT2D eigenvalue weighted by molar-refractivity contribution is 0.428. The first-order chi connectivity index (χ1) is 14.1. The molecule has 3 nitrogen and oxygen atoms in total. The zero-order chi connectivity index (χ0) is 20.3. The van der Waals surface area contributed by atoms with Gasteiger partial charge in [0.2, 0.25) is 10.0 Å². The Morgan fingerprint density at radius 1 is 0.828 bits per heavy atom. The Kier molecular flexibility index (Phi) is 6.30. The normalized spacial score (nSPS) is 18.3. The molecule has 0 bridgehead atoms. The molecule has 1 atom stereocenters. The first-order valence-electron chi connectivity index (χ1n) is 9.57. The summed E-state index contributed by atoms with van der Waals surface area (Å²) in [4.78, 5) is 0.346. The predicted molar refractivity (Wildman–Crippen MR) is 122 cm³/mol. The largest absolute Gasteiger partial charge is 0.243 e. The average molecular weight is 444 g/mol. The summed E-state index contributed by atoms with van der Waals surface area (Å²) >= 11 is 8.13. The van der Waals surface area contributed by atoms with Crippen molar-refractivity contribution in [1.82, 2.24) is 4.31 Å². The minimum atomic E-state index is -3.51. The molecule has 0 aliphatic carbocycles. The quantitative estimate of drug-likeness (QED) is 0.505. The summed E-state index contributed by atoms with van der Waals surface area (Å²) < 4.78 is 28.0. The fourth-order valence-corrected chi connectivity index (χ4v) is 6.74. The van der Waals surface area contributed by atoms with E-state index < -0.39 is 10.0 Å². The van der Waals surface area contributed by atoms with Gasteiger partial charge >= 0.3 is 0 Å². The van der Waals surface area contributed by atoms with Gasteiger partial charge in [0.25, 0.3) is 0 Å². The summed E-state index contributed by atoms with van der Waals surface area (Å²) in [5.74, 6) is 0.747. The van der Waals surface area contributed by atoms with Crippen molar-refractivity contribution in [2.75, 3.05) is 18.8 Å². The molecule has 0 saturated carbocycles. The molecule has 29 heavy (non-hydrogen) atoms. The summed E-state index contributed by atoms with van der Waals surface area (Å²) in [5, 5.41) is 0.960. The number of rotatable bonds is 4. The highest BCUT2D eigenvalue weighted by Gasteiger charge is 2.29. The summed E-state index contributed by atoms with van der Waals surface area (Å²) in [6.45, 7) is 1.00. The van der Waals surface area contributed by atoms with Crippen molar-refractivity contribution < 1.29 is 8.42 Å². The van der Waals surface area contributed by atoms with E-state index in [1.807, 2.05) is 66.7 Å². The molecule has 3 aromatic carbocycles. The summed E-state index contributed by atoms with van der Waals surface area (Å²) in [7, 11) is -3.51. The van der Waals surface area contributed by atoms with Crippen molar-refractivity contribution in [3.8, 4) is 11.1 Å². The minimum Gasteiger partial charge on any atom is -0.207 e. The van der Waals surface area contributed by atoms with Gasteiger partial charge in [-0.05, 0) is 41.3 Å². The molecule has 0 amide bonds. The maximum absolute atomic E-state index is 13.2. The topological polar surface area (TPSA) is 37.4 Å². The number of sulfonamides is 1. The Labute approximate surface area is 181 Å². The van der Waals surface area contributed by atoms with Gasteiger partial charge in [-0.2, -0.15) is 16.1 Å². The number of nitrogens with zero attached hydrogens (tertiary/aromatic N) is 1. The molecule has 1 heterocycles.